The molecule has 7 heteroatoms. The Hall–Kier alpha value is -2.06. The fourth-order valence-electron chi connectivity index (χ4n) is 4.56. The molecule has 3 rings (SSSR count). The van der Waals surface area contributed by atoms with Gasteiger partial charge in [-0.15, -0.1) is 5.73 Å². The molecule has 1 unspecified atom stereocenters. The van der Waals surface area contributed by atoms with Crippen molar-refractivity contribution in [2.75, 3.05) is 26.2 Å². The molecule has 1 aromatic carbocycles. The van der Waals surface area contributed by atoms with Crippen molar-refractivity contribution in [2.24, 2.45) is 15.9 Å². The predicted molar refractivity (Wildman–Crippen MR) is 157 cm³/mol. The summed E-state index contributed by atoms with van der Waals surface area (Å²) < 4.78 is 0.728. The molecule has 1 aromatic rings. The Balaban J connectivity index is 1.92. The normalized spacial score (nSPS) is 18.9. The number of nitrogens with one attached hydrogen (secondary N) is 2. The van der Waals surface area contributed by atoms with E-state index in [4.69, 9.17) is 4.99 Å². The van der Waals surface area contributed by atoms with Crippen molar-refractivity contribution >= 4 is 40.4 Å². The summed E-state index contributed by atoms with van der Waals surface area (Å²) >= 11 is 2.19. The van der Waals surface area contributed by atoms with Crippen LogP contribution in [0.2, 0.25) is 0 Å². The molecule has 194 valence electrons. The summed E-state index contributed by atoms with van der Waals surface area (Å²) in [5.74, 6) is 0.360. The first-order valence-electron chi connectivity index (χ1n) is 12.8. The van der Waals surface area contributed by atoms with Crippen molar-refractivity contribution in [3.05, 3.63) is 61.2 Å². The van der Waals surface area contributed by atoms with E-state index in [0.29, 0.717) is 30.3 Å². The Labute approximate surface area is 229 Å². The molecule has 0 radical (unpaired) electrons. The highest BCUT2D eigenvalue weighted by Gasteiger charge is 2.27. The molecule has 1 fully saturated rings. The fraction of sp³-hybridized carbons (Fsp3) is 0.517. The molecule has 0 aliphatic carbocycles. The fourth-order valence-corrected chi connectivity index (χ4v) is 5.15. The molecular weight excluding hydrogens is 563 g/mol. The van der Waals surface area contributed by atoms with Gasteiger partial charge in [0.1, 0.15) is 15.1 Å². The zero-order chi connectivity index (χ0) is 26.3. The first-order chi connectivity index (χ1) is 17.2. The molecule has 2 aliphatic heterocycles. The van der Waals surface area contributed by atoms with Crippen LogP contribution in [0, 0.1) is 12.8 Å². The third-order valence-electron chi connectivity index (χ3n) is 7.23. The number of allylic oxidation sites excluding steroid dienone is 1. The predicted octanol–water partition coefficient (Wildman–Crippen LogP) is 4.93. The standard InChI is InChI=1S/C29H39IN4O2/c1-6-29(5,18-35)25-14-19(2)7-8-23(25)15-24-13-20(3)16-32-27(30)26(24)34-21(4)28(36)33-17-22-9-11-31-12-10-22/h7-8,14,16,22,31,35H,6,9-12,15,17-18H2,1-5H3,(H,33,36)/b34-21+. The number of aliphatic hydroxyl groups excluding tert-OH is 1. The van der Waals surface area contributed by atoms with Crippen molar-refractivity contribution in [1.82, 2.24) is 10.6 Å². The van der Waals surface area contributed by atoms with Crippen molar-refractivity contribution < 1.29 is 9.90 Å². The van der Waals surface area contributed by atoms with Crippen LogP contribution in [0.15, 0.2) is 54.5 Å². The first kappa shape index (κ1) is 28.5. The lowest BCUT2D eigenvalue weighted by atomic mass is 9.76. The topological polar surface area (TPSA) is 86.1 Å². The Bertz CT molecular complexity index is 1130. The summed E-state index contributed by atoms with van der Waals surface area (Å²) in [5, 5.41) is 16.7. The summed E-state index contributed by atoms with van der Waals surface area (Å²) in [5.41, 5.74) is 9.45. The number of piperidine rings is 1. The lowest BCUT2D eigenvalue weighted by Gasteiger charge is -2.29. The molecule has 1 amide bonds. The SMILES string of the molecule is CCC(C)(CO)c1cc(C)ccc1CC1=C=C(C)C=NC(I)=C1/N=C(\C)C(=O)NCC1CCNCC1. The van der Waals surface area contributed by atoms with Crippen LogP contribution in [0.4, 0.5) is 0 Å². The number of rotatable bonds is 9. The smallest absolute Gasteiger partial charge is 0.265 e. The summed E-state index contributed by atoms with van der Waals surface area (Å²) in [6, 6.07) is 6.42. The van der Waals surface area contributed by atoms with E-state index in [1.54, 1.807) is 13.1 Å². The van der Waals surface area contributed by atoms with Gasteiger partial charge in [-0.25, -0.2) is 9.98 Å². The number of carbonyl (C=O) groups is 1. The maximum Gasteiger partial charge on any atom is 0.265 e. The van der Waals surface area contributed by atoms with E-state index in [0.717, 1.165) is 63.9 Å². The van der Waals surface area contributed by atoms with Crippen LogP contribution in [-0.4, -0.2) is 49.2 Å². The van der Waals surface area contributed by atoms with Gasteiger partial charge < -0.3 is 15.7 Å². The number of amides is 1. The first-order valence-corrected chi connectivity index (χ1v) is 13.9. The van der Waals surface area contributed by atoms with Crippen LogP contribution in [0.3, 0.4) is 0 Å². The molecule has 1 atom stereocenters. The van der Waals surface area contributed by atoms with E-state index in [2.05, 4.69) is 82.9 Å². The van der Waals surface area contributed by atoms with Crippen LogP contribution in [-0.2, 0) is 16.6 Å². The van der Waals surface area contributed by atoms with Gasteiger partial charge in [-0.05, 0) is 92.8 Å². The van der Waals surface area contributed by atoms with Gasteiger partial charge in [0.25, 0.3) is 5.91 Å². The van der Waals surface area contributed by atoms with E-state index >= 15 is 0 Å². The summed E-state index contributed by atoms with van der Waals surface area (Å²) in [6.07, 6.45) is 5.35. The molecule has 2 heterocycles. The molecule has 3 N–H and O–H groups in total. The van der Waals surface area contributed by atoms with Gasteiger partial charge in [0.05, 0.1) is 6.61 Å². The molecule has 6 nitrogen and oxygen atoms in total. The number of hydrogen-bond acceptors (Lipinski definition) is 5. The Morgan fingerprint density at radius 1 is 1.33 bits per heavy atom. The molecule has 0 bridgehead atoms. The second kappa shape index (κ2) is 13.0. The zero-order valence-corrected chi connectivity index (χ0v) is 24.3. The number of aliphatic hydroxyl groups is 1. The van der Waals surface area contributed by atoms with Crippen molar-refractivity contribution in [1.29, 1.82) is 0 Å². The van der Waals surface area contributed by atoms with Gasteiger partial charge in [0.2, 0.25) is 0 Å². The van der Waals surface area contributed by atoms with E-state index in [1.807, 2.05) is 6.92 Å². The number of nitrogens with zero attached hydrogens (tertiary/aromatic N) is 2. The molecule has 0 aromatic heterocycles. The molecule has 0 spiro atoms. The lowest BCUT2D eigenvalue weighted by molar-refractivity contribution is -0.115. The highest BCUT2D eigenvalue weighted by molar-refractivity contribution is 14.1. The third kappa shape index (κ3) is 7.25. The van der Waals surface area contributed by atoms with Crippen LogP contribution < -0.4 is 10.6 Å². The van der Waals surface area contributed by atoms with Gasteiger partial charge >= 0.3 is 0 Å². The minimum atomic E-state index is -0.341. The van der Waals surface area contributed by atoms with E-state index in [-0.39, 0.29) is 17.9 Å². The van der Waals surface area contributed by atoms with E-state index < -0.39 is 0 Å². The summed E-state index contributed by atoms with van der Waals surface area (Å²) in [6.45, 7) is 12.8. The van der Waals surface area contributed by atoms with Crippen molar-refractivity contribution in [3.63, 3.8) is 0 Å². The van der Waals surface area contributed by atoms with E-state index in [1.165, 1.54) is 0 Å². The molecule has 2 aliphatic rings. The van der Waals surface area contributed by atoms with Gasteiger partial charge in [0.15, 0.2) is 0 Å². The quantitative estimate of drug-likeness (QED) is 0.162. The van der Waals surface area contributed by atoms with Crippen LogP contribution in [0.25, 0.3) is 0 Å². The minimum absolute atomic E-state index is 0.0751. The number of aliphatic imine (C=N–C) groups is 2. The summed E-state index contributed by atoms with van der Waals surface area (Å²) in [7, 11) is 0. The lowest BCUT2D eigenvalue weighted by Crippen LogP contribution is -2.38. The Morgan fingerprint density at radius 2 is 2.06 bits per heavy atom. The third-order valence-corrected chi connectivity index (χ3v) is 8.02. The monoisotopic (exact) mass is 602 g/mol. The number of hydrogen-bond donors (Lipinski definition) is 3. The van der Waals surface area contributed by atoms with Crippen LogP contribution in [0.1, 0.15) is 63.6 Å². The number of benzene rings is 1. The second-order valence-electron chi connectivity index (χ2n) is 10.2. The molecule has 1 saturated heterocycles. The summed E-state index contributed by atoms with van der Waals surface area (Å²) in [4.78, 5) is 22.3. The van der Waals surface area contributed by atoms with Crippen LogP contribution in [0.5, 0.6) is 0 Å². The van der Waals surface area contributed by atoms with Gasteiger partial charge in [-0.3, -0.25) is 4.79 Å². The van der Waals surface area contributed by atoms with Crippen LogP contribution >= 0.6 is 22.6 Å². The largest absolute Gasteiger partial charge is 0.395 e. The Morgan fingerprint density at radius 3 is 2.72 bits per heavy atom. The van der Waals surface area contributed by atoms with Crippen molar-refractivity contribution in [2.45, 2.75) is 65.7 Å². The zero-order valence-electron chi connectivity index (χ0n) is 22.2. The highest BCUT2D eigenvalue weighted by atomic mass is 127. The minimum Gasteiger partial charge on any atom is -0.395 e. The number of carbonyl (C=O) groups excluding carboxylic acids is 1. The molecule has 36 heavy (non-hydrogen) atoms. The number of aryl methyl sites for hydroxylation is 1. The van der Waals surface area contributed by atoms with Gasteiger partial charge in [-0.2, -0.15) is 0 Å². The maximum absolute atomic E-state index is 12.9. The average Bonchev–Trinajstić information content (AvgIpc) is 3.01. The van der Waals surface area contributed by atoms with E-state index in [9.17, 15) is 9.90 Å². The van der Waals surface area contributed by atoms with Gasteiger partial charge in [-0.1, -0.05) is 37.6 Å². The van der Waals surface area contributed by atoms with Crippen molar-refractivity contribution in [3.8, 4) is 0 Å². The van der Waals surface area contributed by atoms with Gasteiger partial charge in [0, 0.05) is 35.7 Å². The molecule has 0 saturated carbocycles. The second-order valence-corrected chi connectivity index (χ2v) is 11.2. The maximum atomic E-state index is 12.9. The number of halogens is 1. The highest BCUT2D eigenvalue weighted by Crippen LogP contribution is 2.34. The average molecular weight is 603 g/mol. The molecular formula is C29H39IN4O2. The Kier molecular flexibility index (Phi) is 10.3.